The topological polar surface area (TPSA) is 91.6 Å². The van der Waals surface area contributed by atoms with Gasteiger partial charge in [-0.3, -0.25) is 9.59 Å². The van der Waals surface area contributed by atoms with Crippen LogP contribution in [0.4, 0.5) is 10.8 Å². The maximum Gasteiger partial charge on any atom is 0.258 e. The highest BCUT2D eigenvalue weighted by molar-refractivity contribution is 7.11. The van der Waals surface area contributed by atoms with E-state index < -0.39 is 0 Å². The molecule has 21 heavy (non-hydrogen) atoms. The van der Waals surface area contributed by atoms with Gasteiger partial charge >= 0.3 is 0 Å². The van der Waals surface area contributed by atoms with Crippen molar-refractivity contribution < 1.29 is 9.59 Å². The molecule has 0 radical (unpaired) electrons. The lowest BCUT2D eigenvalue weighted by molar-refractivity contribution is -0.127. The monoisotopic (exact) mass is 309 g/mol. The van der Waals surface area contributed by atoms with Crippen LogP contribution in [0, 0.1) is 0 Å². The Hall–Kier alpha value is -1.83. The van der Waals surface area contributed by atoms with Gasteiger partial charge in [0.1, 0.15) is 10.6 Å². The van der Waals surface area contributed by atoms with E-state index in [2.05, 4.69) is 9.69 Å². The second-order valence-corrected chi connectivity index (χ2v) is 6.34. The first kappa shape index (κ1) is 14.1. The van der Waals surface area contributed by atoms with Gasteiger partial charge in [0.2, 0.25) is 5.91 Å². The molecule has 3 rings (SSSR count). The maximum absolute atomic E-state index is 12.3. The Morgan fingerprint density at radius 3 is 2.90 bits per heavy atom. The molecule has 3 N–H and O–H groups in total. The van der Waals surface area contributed by atoms with E-state index in [1.54, 1.807) is 11.9 Å². The summed E-state index contributed by atoms with van der Waals surface area (Å²) in [7, 11) is 1.80. The van der Waals surface area contributed by atoms with Gasteiger partial charge in [-0.2, -0.15) is 4.37 Å². The molecule has 1 aromatic rings. The van der Waals surface area contributed by atoms with Crippen molar-refractivity contribution in [2.24, 2.45) is 0 Å². The lowest BCUT2D eigenvalue weighted by atomic mass is 10.2. The largest absolute Gasteiger partial charge is 0.382 e. The van der Waals surface area contributed by atoms with Crippen LogP contribution >= 0.6 is 11.5 Å². The molecule has 1 aromatic heterocycles. The van der Waals surface area contributed by atoms with E-state index in [1.165, 1.54) is 11.5 Å². The summed E-state index contributed by atoms with van der Waals surface area (Å²) in [5.41, 5.74) is 6.28. The predicted molar refractivity (Wildman–Crippen MR) is 81.5 cm³/mol. The second-order valence-electron chi connectivity index (χ2n) is 5.59. The van der Waals surface area contributed by atoms with Gasteiger partial charge in [-0.05, 0) is 30.8 Å². The first-order chi connectivity index (χ1) is 10.1. The Kier molecular flexibility index (Phi) is 3.71. The lowest BCUT2D eigenvalue weighted by Gasteiger charge is -2.20. The zero-order valence-corrected chi connectivity index (χ0v) is 12.8. The van der Waals surface area contributed by atoms with Gasteiger partial charge in [-0.15, -0.1) is 0 Å². The summed E-state index contributed by atoms with van der Waals surface area (Å²) in [4.78, 5) is 28.0. The minimum absolute atomic E-state index is 0.0491. The smallest absolute Gasteiger partial charge is 0.258 e. The molecular formula is C13H19N5O2S. The number of nitrogen functional groups attached to an aromatic ring is 1. The van der Waals surface area contributed by atoms with E-state index >= 15 is 0 Å². The maximum atomic E-state index is 12.3. The summed E-state index contributed by atoms with van der Waals surface area (Å²) >= 11 is 1.19. The molecule has 0 atom stereocenters. The third kappa shape index (κ3) is 2.94. The number of hydrogen-bond acceptors (Lipinski definition) is 6. The lowest BCUT2D eigenvalue weighted by Crippen LogP contribution is -2.35. The van der Waals surface area contributed by atoms with Crippen molar-refractivity contribution in [2.75, 3.05) is 37.3 Å². The molecule has 0 spiro atoms. The van der Waals surface area contributed by atoms with E-state index in [-0.39, 0.29) is 30.2 Å². The predicted octanol–water partition coefficient (Wildman–Crippen LogP) is 0.286. The van der Waals surface area contributed by atoms with E-state index in [9.17, 15) is 9.59 Å². The number of aromatic nitrogens is 1. The molecule has 7 nitrogen and oxygen atoms in total. The summed E-state index contributed by atoms with van der Waals surface area (Å²) in [5, 5.41) is 3.64. The number of nitrogens with one attached hydrogen (secondary N) is 1. The number of carbonyl (C=O) groups is 2. The average Bonchev–Trinajstić information content (AvgIpc) is 3.19. The van der Waals surface area contributed by atoms with Crippen LogP contribution in [0.5, 0.6) is 0 Å². The van der Waals surface area contributed by atoms with Gasteiger partial charge in [0.25, 0.3) is 5.91 Å². The van der Waals surface area contributed by atoms with Crippen molar-refractivity contribution in [3.05, 3.63) is 5.56 Å². The third-order valence-corrected chi connectivity index (χ3v) is 4.72. The highest BCUT2D eigenvalue weighted by Gasteiger charge is 2.30. The first-order valence-electron chi connectivity index (χ1n) is 7.11. The molecule has 1 saturated heterocycles. The minimum atomic E-state index is -0.177. The molecule has 1 aliphatic heterocycles. The summed E-state index contributed by atoms with van der Waals surface area (Å²) in [6, 6.07) is 0.265. The van der Waals surface area contributed by atoms with E-state index in [0.717, 1.165) is 32.4 Å². The van der Waals surface area contributed by atoms with E-state index in [1.807, 2.05) is 4.90 Å². The number of carbonyl (C=O) groups excluding carboxylic acids is 2. The number of rotatable bonds is 3. The zero-order chi connectivity index (χ0) is 15.0. The molecule has 1 aliphatic carbocycles. The van der Waals surface area contributed by atoms with Gasteiger partial charge in [0.05, 0.1) is 6.54 Å². The summed E-state index contributed by atoms with van der Waals surface area (Å²) in [6.45, 7) is 1.72. The number of hydrogen-bond donors (Lipinski definition) is 2. The Labute approximate surface area is 127 Å². The fourth-order valence-electron chi connectivity index (χ4n) is 2.37. The number of nitrogens with two attached hydrogens (primary N) is 1. The Morgan fingerprint density at radius 2 is 2.19 bits per heavy atom. The van der Waals surface area contributed by atoms with E-state index in [0.29, 0.717) is 10.6 Å². The first-order valence-corrected chi connectivity index (χ1v) is 7.88. The highest BCUT2D eigenvalue weighted by Crippen LogP contribution is 2.32. The van der Waals surface area contributed by atoms with Crippen LogP contribution in [0.15, 0.2) is 0 Å². The van der Waals surface area contributed by atoms with Crippen molar-refractivity contribution in [3.8, 4) is 0 Å². The van der Waals surface area contributed by atoms with Crippen molar-refractivity contribution in [1.82, 2.24) is 14.6 Å². The molecule has 0 aromatic carbocycles. The number of amides is 2. The Morgan fingerprint density at radius 1 is 1.43 bits per heavy atom. The van der Waals surface area contributed by atoms with Crippen LogP contribution in [0.2, 0.25) is 0 Å². The van der Waals surface area contributed by atoms with Crippen LogP contribution in [-0.4, -0.2) is 53.8 Å². The van der Waals surface area contributed by atoms with Gasteiger partial charge in [-0.25, -0.2) is 0 Å². The molecule has 2 fully saturated rings. The summed E-state index contributed by atoms with van der Waals surface area (Å²) in [5.74, 6) is 0.120. The SMILES string of the molecule is CN1CCCN(c2snc(N)c2C(=O)NC2CC2)CC1=O. The molecule has 2 aliphatic rings. The van der Waals surface area contributed by atoms with Crippen molar-refractivity contribution in [3.63, 3.8) is 0 Å². The molecule has 2 heterocycles. The van der Waals surface area contributed by atoms with Crippen LogP contribution in [0.25, 0.3) is 0 Å². The average molecular weight is 309 g/mol. The van der Waals surface area contributed by atoms with Crippen LogP contribution in [-0.2, 0) is 4.79 Å². The summed E-state index contributed by atoms with van der Waals surface area (Å²) < 4.78 is 4.11. The highest BCUT2D eigenvalue weighted by atomic mass is 32.1. The normalized spacial score (nSPS) is 19.6. The molecule has 1 saturated carbocycles. The van der Waals surface area contributed by atoms with Crippen molar-refractivity contribution in [2.45, 2.75) is 25.3 Å². The zero-order valence-electron chi connectivity index (χ0n) is 12.0. The Bertz CT molecular complexity index is 569. The molecule has 0 bridgehead atoms. The molecule has 2 amide bonds. The minimum Gasteiger partial charge on any atom is -0.382 e. The van der Waals surface area contributed by atoms with Gasteiger partial charge in [-0.1, -0.05) is 0 Å². The van der Waals surface area contributed by atoms with Gasteiger partial charge in [0.15, 0.2) is 5.82 Å². The fourth-order valence-corrected chi connectivity index (χ4v) is 3.20. The number of nitrogens with zero attached hydrogens (tertiary/aromatic N) is 3. The second kappa shape index (κ2) is 5.51. The quantitative estimate of drug-likeness (QED) is 0.837. The third-order valence-electron chi connectivity index (χ3n) is 3.80. The van der Waals surface area contributed by atoms with Crippen LogP contribution in [0.1, 0.15) is 29.6 Å². The van der Waals surface area contributed by atoms with Crippen LogP contribution in [0.3, 0.4) is 0 Å². The molecule has 114 valence electrons. The van der Waals surface area contributed by atoms with Crippen molar-refractivity contribution >= 4 is 34.2 Å². The van der Waals surface area contributed by atoms with E-state index in [4.69, 9.17) is 5.73 Å². The summed E-state index contributed by atoms with van der Waals surface area (Å²) in [6.07, 6.45) is 2.90. The fraction of sp³-hybridized carbons (Fsp3) is 0.615. The van der Waals surface area contributed by atoms with Crippen LogP contribution < -0.4 is 16.0 Å². The molecule has 8 heteroatoms. The Balaban J connectivity index is 1.84. The van der Waals surface area contributed by atoms with Crippen molar-refractivity contribution in [1.29, 1.82) is 0 Å². The van der Waals surface area contributed by atoms with Gasteiger partial charge in [0, 0.05) is 26.2 Å². The number of anilines is 2. The van der Waals surface area contributed by atoms with Gasteiger partial charge < -0.3 is 20.9 Å². The standard InChI is InChI=1S/C13H19N5O2S/c1-17-5-2-6-18(7-9(17)19)13-10(11(14)16-21-13)12(20)15-8-3-4-8/h8H,2-7H2,1H3,(H2,14,16)(H,15,20). The number of likely N-dealkylation sites (N-methyl/N-ethyl adjacent to an activating group) is 1. The molecular weight excluding hydrogens is 290 g/mol. The molecule has 0 unspecified atom stereocenters.